The zero-order chi connectivity index (χ0) is 12.5. The van der Waals surface area contributed by atoms with Crippen molar-refractivity contribution in [3.05, 3.63) is 28.7 Å². The van der Waals surface area contributed by atoms with Gasteiger partial charge in [0.25, 0.3) is 0 Å². The summed E-state index contributed by atoms with van der Waals surface area (Å²) in [5, 5.41) is 0. The van der Waals surface area contributed by atoms with E-state index in [9.17, 15) is 13.2 Å². The van der Waals surface area contributed by atoms with Crippen LogP contribution in [0.3, 0.4) is 0 Å². The topological polar surface area (TPSA) is 70.2 Å². The summed E-state index contributed by atoms with van der Waals surface area (Å²) < 4.78 is 25.9. The Labute approximate surface area is 101 Å². The molecule has 1 aliphatic heterocycles. The number of aromatic amines is 1. The number of hydrogen-bond donors (Lipinski definition) is 1. The van der Waals surface area contributed by atoms with E-state index >= 15 is 0 Å². The van der Waals surface area contributed by atoms with Gasteiger partial charge in [-0.1, -0.05) is 6.92 Å². The zero-order valence-electron chi connectivity index (χ0n) is 9.72. The fraction of sp³-hybridized carbons (Fsp3) is 0.545. The minimum absolute atomic E-state index is 0.158. The minimum Gasteiger partial charge on any atom is -0.366 e. The van der Waals surface area contributed by atoms with E-state index in [0.717, 1.165) is 12.8 Å². The molecule has 0 amide bonds. The second-order valence-corrected chi connectivity index (χ2v) is 6.39. The molecule has 6 heteroatoms. The van der Waals surface area contributed by atoms with Gasteiger partial charge in [0.05, 0.1) is 0 Å². The molecule has 1 saturated heterocycles. The van der Waals surface area contributed by atoms with E-state index in [4.69, 9.17) is 0 Å². The molecular formula is C11H16N2O3S. The van der Waals surface area contributed by atoms with Crippen LogP contribution in [0.4, 0.5) is 0 Å². The maximum atomic E-state index is 12.3. The van der Waals surface area contributed by atoms with Gasteiger partial charge in [-0.3, -0.25) is 4.79 Å². The Morgan fingerprint density at radius 2 is 2.24 bits per heavy atom. The van der Waals surface area contributed by atoms with E-state index in [1.807, 2.05) is 6.92 Å². The quantitative estimate of drug-likeness (QED) is 0.850. The molecule has 2 heterocycles. The molecular weight excluding hydrogens is 240 g/mol. The van der Waals surface area contributed by atoms with Crippen molar-refractivity contribution in [3.63, 3.8) is 0 Å². The van der Waals surface area contributed by atoms with Crippen LogP contribution in [0.1, 0.15) is 19.8 Å². The highest BCUT2D eigenvalue weighted by atomic mass is 32.2. The molecule has 1 aliphatic rings. The van der Waals surface area contributed by atoms with Crippen LogP contribution < -0.4 is 5.43 Å². The molecule has 94 valence electrons. The molecule has 1 aromatic heterocycles. The Kier molecular flexibility index (Phi) is 3.35. The van der Waals surface area contributed by atoms with Gasteiger partial charge in [-0.15, -0.1) is 0 Å². The maximum absolute atomic E-state index is 12.3. The van der Waals surface area contributed by atoms with Crippen LogP contribution in [-0.2, 0) is 10.0 Å². The third-order valence-electron chi connectivity index (χ3n) is 3.03. The van der Waals surface area contributed by atoms with Crippen molar-refractivity contribution in [2.45, 2.75) is 24.7 Å². The molecule has 1 fully saturated rings. The molecule has 1 unspecified atom stereocenters. The highest BCUT2D eigenvalue weighted by molar-refractivity contribution is 7.89. The highest BCUT2D eigenvalue weighted by Crippen LogP contribution is 2.21. The summed E-state index contributed by atoms with van der Waals surface area (Å²) in [4.78, 5) is 14.1. The van der Waals surface area contributed by atoms with Gasteiger partial charge < -0.3 is 4.98 Å². The number of nitrogens with one attached hydrogen (secondary N) is 1. The Bertz CT molecular complexity index is 550. The predicted octanol–water partition coefficient (Wildman–Crippen LogP) is 0.796. The van der Waals surface area contributed by atoms with Gasteiger partial charge in [0.1, 0.15) is 4.90 Å². The molecule has 5 nitrogen and oxygen atoms in total. The van der Waals surface area contributed by atoms with E-state index in [1.54, 1.807) is 0 Å². The van der Waals surface area contributed by atoms with Crippen molar-refractivity contribution >= 4 is 10.0 Å². The predicted molar refractivity (Wildman–Crippen MR) is 64.2 cm³/mol. The highest BCUT2D eigenvalue weighted by Gasteiger charge is 2.30. The number of aromatic nitrogens is 1. The lowest BCUT2D eigenvalue weighted by atomic mass is 10.0. The summed E-state index contributed by atoms with van der Waals surface area (Å²) in [5.74, 6) is 0.348. The molecule has 2 rings (SSSR count). The number of piperidine rings is 1. The molecule has 0 bridgehead atoms. The Morgan fingerprint density at radius 3 is 2.88 bits per heavy atom. The molecule has 0 spiro atoms. The fourth-order valence-corrected chi connectivity index (χ4v) is 3.74. The first-order valence-electron chi connectivity index (χ1n) is 5.69. The third-order valence-corrected chi connectivity index (χ3v) is 4.91. The fourth-order valence-electron chi connectivity index (χ4n) is 2.11. The summed E-state index contributed by atoms with van der Waals surface area (Å²) in [6.45, 7) is 3.02. The first-order valence-corrected chi connectivity index (χ1v) is 7.13. The maximum Gasteiger partial charge on any atom is 0.248 e. The SMILES string of the molecule is CC1CCCN(S(=O)(=O)c2c[nH]ccc2=O)C1. The number of rotatable bonds is 2. The normalized spacial score (nSPS) is 22.5. The Balaban J connectivity index is 2.37. The van der Waals surface area contributed by atoms with Crippen LogP contribution in [-0.4, -0.2) is 30.8 Å². The molecule has 0 aliphatic carbocycles. The largest absolute Gasteiger partial charge is 0.366 e. The average molecular weight is 256 g/mol. The monoisotopic (exact) mass is 256 g/mol. The molecule has 0 radical (unpaired) electrons. The number of pyridine rings is 1. The number of sulfonamides is 1. The van der Waals surface area contributed by atoms with Gasteiger partial charge in [-0.05, 0) is 18.8 Å². The van der Waals surface area contributed by atoms with E-state index < -0.39 is 15.5 Å². The first-order chi connectivity index (χ1) is 8.01. The Hall–Kier alpha value is -1.14. The smallest absolute Gasteiger partial charge is 0.248 e. The van der Waals surface area contributed by atoms with Crippen LogP contribution in [0.25, 0.3) is 0 Å². The van der Waals surface area contributed by atoms with Crippen molar-refractivity contribution in [2.24, 2.45) is 5.92 Å². The van der Waals surface area contributed by atoms with Gasteiger partial charge in [0, 0.05) is 31.5 Å². The Morgan fingerprint density at radius 1 is 1.47 bits per heavy atom. The summed E-state index contributed by atoms with van der Waals surface area (Å²) in [7, 11) is -3.64. The van der Waals surface area contributed by atoms with E-state index in [0.29, 0.717) is 19.0 Å². The van der Waals surface area contributed by atoms with Crippen molar-refractivity contribution < 1.29 is 8.42 Å². The summed E-state index contributed by atoms with van der Waals surface area (Å²) in [6, 6.07) is 1.24. The van der Waals surface area contributed by atoms with Gasteiger partial charge in [-0.25, -0.2) is 8.42 Å². The molecule has 0 saturated carbocycles. The molecule has 1 aromatic rings. The van der Waals surface area contributed by atoms with Crippen LogP contribution in [0, 0.1) is 5.92 Å². The lowest BCUT2D eigenvalue weighted by molar-refractivity contribution is 0.281. The van der Waals surface area contributed by atoms with E-state index in [-0.39, 0.29) is 4.90 Å². The van der Waals surface area contributed by atoms with Crippen LogP contribution >= 0.6 is 0 Å². The van der Waals surface area contributed by atoms with Gasteiger partial charge in [-0.2, -0.15) is 4.31 Å². The van der Waals surface area contributed by atoms with Gasteiger partial charge in [0.2, 0.25) is 15.5 Å². The minimum atomic E-state index is -3.64. The van der Waals surface area contributed by atoms with Crippen molar-refractivity contribution in [1.29, 1.82) is 0 Å². The second-order valence-electron chi connectivity index (χ2n) is 4.48. The lowest BCUT2D eigenvalue weighted by Crippen LogP contribution is -2.40. The van der Waals surface area contributed by atoms with Crippen molar-refractivity contribution in [1.82, 2.24) is 9.29 Å². The molecule has 1 atom stereocenters. The van der Waals surface area contributed by atoms with Gasteiger partial charge >= 0.3 is 0 Å². The van der Waals surface area contributed by atoms with Gasteiger partial charge in [0.15, 0.2) is 0 Å². The van der Waals surface area contributed by atoms with Crippen LogP contribution in [0.2, 0.25) is 0 Å². The molecule has 17 heavy (non-hydrogen) atoms. The summed E-state index contributed by atoms with van der Waals surface area (Å²) in [5.41, 5.74) is -0.457. The molecule has 1 N–H and O–H groups in total. The number of H-pyrrole nitrogens is 1. The number of hydrogen-bond acceptors (Lipinski definition) is 3. The number of nitrogens with zero attached hydrogens (tertiary/aromatic N) is 1. The second kappa shape index (κ2) is 4.62. The van der Waals surface area contributed by atoms with Crippen molar-refractivity contribution in [3.8, 4) is 0 Å². The zero-order valence-corrected chi connectivity index (χ0v) is 10.5. The average Bonchev–Trinajstić information content (AvgIpc) is 2.29. The standard InChI is InChI=1S/C11H16N2O3S/c1-9-3-2-6-13(8-9)17(15,16)11-7-12-5-4-10(11)14/h4-5,7,9H,2-3,6,8H2,1H3,(H,12,14). The van der Waals surface area contributed by atoms with Crippen LogP contribution in [0.15, 0.2) is 28.2 Å². The first kappa shape index (κ1) is 12.3. The van der Waals surface area contributed by atoms with Crippen LogP contribution in [0.5, 0.6) is 0 Å². The summed E-state index contributed by atoms with van der Waals surface area (Å²) >= 11 is 0. The molecule has 0 aromatic carbocycles. The van der Waals surface area contributed by atoms with E-state index in [2.05, 4.69) is 4.98 Å². The van der Waals surface area contributed by atoms with E-state index in [1.165, 1.54) is 22.8 Å². The third kappa shape index (κ3) is 2.42. The lowest BCUT2D eigenvalue weighted by Gasteiger charge is -2.29. The summed E-state index contributed by atoms with van der Waals surface area (Å²) in [6.07, 6.45) is 4.58. The van der Waals surface area contributed by atoms with Crippen molar-refractivity contribution in [2.75, 3.05) is 13.1 Å².